The zero-order valence-electron chi connectivity index (χ0n) is 33.4. The number of benzene rings is 1. The Kier molecular flexibility index (Phi) is 19.4. The number of carbonyl (C=O) groups excluding carboxylic acids is 7. The topological polar surface area (TPSA) is 126 Å². The third-order valence-electron chi connectivity index (χ3n) is 9.17. The Morgan fingerprint density at radius 1 is 0.804 bits per heavy atom. The van der Waals surface area contributed by atoms with E-state index in [-0.39, 0.29) is 73.1 Å². The van der Waals surface area contributed by atoms with Crippen molar-refractivity contribution in [1.82, 2.24) is 9.80 Å². The lowest BCUT2D eigenvalue weighted by Gasteiger charge is -2.35. The van der Waals surface area contributed by atoms with Crippen molar-refractivity contribution in [2.24, 2.45) is 29.1 Å². The van der Waals surface area contributed by atoms with E-state index in [0.29, 0.717) is 37.8 Å². The predicted octanol–water partition coefficient (Wildman–Crippen LogP) is 7.43. The molecule has 1 heterocycles. The molecule has 1 aromatic rings. The van der Waals surface area contributed by atoms with Gasteiger partial charge in [0.25, 0.3) is 0 Å². The van der Waals surface area contributed by atoms with Gasteiger partial charge in [0.05, 0.1) is 12.0 Å². The minimum atomic E-state index is -0.851. The van der Waals surface area contributed by atoms with Crippen molar-refractivity contribution in [1.29, 1.82) is 0 Å². The fraction of sp³-hybridized carbons (Fsp3) is 0.690. The van der Waals surface area contributed by atoms with Gasteiger partial charge < -0.3 is 9.80 Å². The van der Waals surface area contributed by atoms with E-state index in [1.807, 2.05) is 54.5 Å². The average molecular weight is 711 g/mol. The van der Waals surface area contributed by atoms with Crippen molar-refractivity contribution in [2.45, 2.75) is 138 Å². The van der Waals surface area contributed by atoms with Crippen molar-refractivity contribution >= 4 is 40.7 Å². The molecule has 0 radical (unpaired) electrons. The number of rotatable bonds is 19. The van der Waals surface area contributed by atoms with Gasteiger partial charge in [0.15, 0.2) is 11.6 Å². The van der Waals surface area contributed by atoms with Crippen molar-refractivity contribution in [3.05, 3.63) is 35.9 Å². The maximum Gasteiger partial charge on any atom is 0.230 e. The smallest absolute Gasteiger partial charge is 0.230 e. The Hall–Kier alpha value is -3.49. The van der Waals surface area contributed by atoms with Gasteiger partial charge >= 0.3 is 0 Å². The molecule has 0 aliphatic carbocycles. The molecule has 51 heavy (non-hydrogen) atoms. The van der Waals surface area contributed by atoms with Gasteiger partial charge in [-0.25, -0.2) is 0 Å². The minimum absolute atomic E-state index is 0.0276. The lowest BCUT2D eigenvalue weighted by molar-refractivity contribution is -0.146. The zero-order chi connectivity index (χ0) is 39.1. The second-order valence-corrected chi connectivity index (χ2v) is 16.4. The maximum absolute atomic E-state index is 13.9. The highest BCUT2D eigenvalue weighted by molar-refractivity contribution is 6.38. The molecule has 2 rings (SSSR count). The quantitative estimate of drug-likeness (QED) is 0.137. The molecule has 0 aromatic heterocycles. The van der Waals surface area contributed by atoms with Crippen molar-refractivity contribution in [3.63, 3.8) is 0 Å². The number of nitrogens with zero attached hydrogens (tertiary/aromatic N) is 2. The highest BCUT2D eigenvalue weighted by Gasteiger charge is 2.42. The fourth-order valence-electron chi connectivity index (χ4n) is 6.60. The highest BCUT2D eigenvalue weighted by Crippen LogP contribution is 2.35. The van der Waals surface area contributed by atoms with Crippen LogP contribution in [-0.4, -0.2) is 77.2 Å². The summed E-state index contributed by atoms with van der Waals surface area (Å²) < 4.78 is 0. The molecule has 1 aliphatic heterocycles. The van der Waals surface area contributed by atoms with Gasteiger partial charge in [-0.2, -0.15) is 0 Å². The maximum atomic E-state index is 13.9. The molecule has 0 N–H and O–H groups in total. The van der Waals surface area contributed by atoms with Gasteiger partial charge in [0.1, 0.15) is 11.6 Å². The third-order valence-corrected chi connectivity index (χ3v) is 9.17. The average Bonchev–Trinajstić information content (AvgIpc) is 3.54. The van der Waals surface area contributed by atoms with E-state index in [9.17, 15) is 33.6 Å². The highest BCUT2D eigenvalue weighted by atomic mass is 16.2. The van der Waals surface area contributed by atoms with E-state index in [0.717, 1.165) is 0 Å². The SMILES string of the molecule is CC(C)CC(=O)CC(C(=O)N1CCCC1C(=O)CC(CC(C)C)C(=O)C(=O)CCC(=O)C[C@H](C(=O)N(C)C)c1ccccc1)C(C)(C)C.CCC. The predicted molar refractivity (Wildman–Crippen MR) is 202 cm³/mol. The number of hydrogen-bond acceptors (Lipinski definition) is 7. The number of Topliss-reactive ketones (excluding diaryl/α,β-unsaturated/α-hetero) is 5. The lowest BCUT2D eigenvalue weighted by atomic mass is 9.76. The Labute approximate surface area is 307 Å². The summed E-state index contributed by atoms with van der Waals surface area (Å²) in [5.74, 6) is -4.21. The third kappa shape index (κ3) is 15.3. The fourth-order valence-corrected chi connectivity index (χ4v) is 6.60. The summed E-state index contributed by atoms with van der Waals surface area (Å²) in [6.07, 6.45) is 2.50. The van der Waals surface area contributed by atoms with Crippen LogP contribution in [0.4, 0.5) is 0 Å². The van der Waals surface area contributed by atoms with E-state index in [1.54, 1.807) is 43.3 Å². The Balaban J connectivity index is 0.00000418. The van der Waals surface area contributed by atoms with Crippen LogP contribution in [0.1, 0.15) is 138 Å². The molecule has 0 saturated carbocycles. The van der Waals surface area contributed by atoms with E-state index in [4.69, 9.17) is 0 Å². The Bertz CT molecular complexity index is 1330. The summed E-state index contributed by atoms with van der Waals surface area (Å²) in [5, 5.41) is 0. The van der Waals surface area contributed by atoms with Crippen LogP contribution in [0.3, 0.4) is 0 Å². The molecule has 0 spiro atoms. The number of amides is 2. The molecule has 1 aromatic carbocycles. The van der Waals surface area contributed by atoms with E-state index < -0.39 is 40.8 Å². The molecule has 4 atom stereocenters. The van der Waals surface area contributed by atoms with Crippen LogP contribution in [0.25, 0.3) is 0 Å². The molecule has 9 heteroatoms. The van der Waals surface area contributed by atoms with Crippen LogP contribution in [0.2, 0.25) is 0 Å². The lowest BCUT2D eigenvalue weighted by Crippen LogP contribution is -2.47. The van der Waals surface area contributed by atoms with Gasteiger partial charge in [0, 0.05) is 71.0 Å². The summed E-state index contributed by atoms with van der Waals surface area (Å²) in [5.41, 5.74) is 0.221. The van der Waals surface area contributed by atoms with E-state index in [1.165, 1.54) is 11.3 Å². The van der Waals surface area contributed by atoms with Crippen molar-refractivity contribution < 1.29 is 33.6 Å². The molecule has 0 bridgehead atoms. The van der Waals surface area contributed by atoms with Gasteiger partial charge in [-0.3, -0.25) is 33.6 Å². The van der Waals surface area contributed by atoms with Crippen LogP contribution >= 0.6 is 0 Å². The van der Waals surface area contributed by atoms with Crippen molar-refractivity contribution in [2.75, 3.05) is 20.6 Å². The minimum Gasteiger partial charge on any atom is -0.348 e. The summed E-state index contributed by atoms with van der Waals surface area (Å²) in [7, 11) is 3.25. The van der Waals surface area contributed by atoms with Gasteiger partial charge in [0.2, 0.25) is 17.6 Å². The summed E-state index contributed by atoms with van der Waals surface area (Å²) in [6, 6.07) is 8.30. The first-order valence-electron chi connectivity index (χ1n) is 18.9. The van der Waals surface area contributed by atoms with Gasteiger partial charge in [-0.05, 0) is 42.1 Å². The normalized spacial score (nSPS) is 16.2. The summed E-state index contributed by atoms with van der Waals surface area (Å²) >= 11 is 0. The Morgan fingerprint density at radius 3 is 1.90 bits per heavy atom. The summed E-state index contributed by atoms with van der Waals surface area (Å²) in [6.45, 7) is 18.2. The standard InChI is InChI=1S/C39H58N2O7.C3H8/c1-25(2)20-28(36(46)34(44)18-17-29(42)23-31(37(47)40(8)9)27-14-11-10-12-15-27)22-35(45)33-16-13-19-41(33)38(48)32(39(5,6)7)24-30(43)21-26(3)4;1-3-2/h10-12,14-15,25-26,28,31-33H,13,16-24H2,1-9H3;3H2,1-2H3/t28?,31-,32?,33?;/m0./s1. The first kappa shape index (κ1) is 45.5. The number of ketones is 5. The molecule has 286 valence electrons. The molecular weight excluding hydrogens is 644 g/mol. The molecule has 1 saturated heterocycles. The van der Waals surface area contributed by atoms with Crippen LogP contribution in [-0.2, 0) is 33.6 Å². The molecule has 9 nitrogen and oxygen atoms in total. The Morgan fingerprint density at radius 2 is 1.39 bits per heavy atom. The first-order valence-corrected chi connectivity index (χ1v) is 18.9. The monoisotopic (exact) mass is 710 g/mol. The van der Waals surface area contributed by atoms with Crippen molar-refractivity contribution in [3.8, 4) is 0 Å². The molecular formula is C42H66N2O7. The zero-order valence-corrected chi connectivity index (χ0v) is 33.4. The van der Waals surface area contributed by atoms with Crippen LogP contribution < -0.4 is 0 Å². The number of likely N-dealkylation sites (tertiary alicyclic amines) is 1. The van der Waals surface area contributed by atoms with Gasteiger partial charge in [-0.1, -0.05) is 99.1 Å². The van der Waals surface area contributed by atoms with E-state index in [2.05, 4.69) is 13.8 Å². The second kappa shape index (κ2) is 21.8. The number of hydrogen-bond donors (Lipinski definition) is 0. The van der Waals surface area contributed by atoms with Gasteiger partial charge in [-0.15, -0.1) is 0 Å². The van der Waals surface area contributed by atoms with Crippen LogP contribution in [0.5, 0.6) is 0 Å². The van der Waals surface area contributed by atoms with Crippen LogP contribution in [0, 0.1) is 29.1 Å². The second-order valence-electron chi connectivity index (χ2n) is 16.4. The number of carbonyl (C=O) groups is 7. The molecule has 2 amide bonds. The molecule has 1 fully saturated rings. The van der Waals surface area contributed by atoms with E-state index >= 15 is 0 Å². The first-order chi connectivity index (χ1) is 23.7. The number of likely N-dealkylation sites (N-methyl/N-ethyl adjacent to an activating group) is 1. The molecule has 1 aliphatic rings. The molecule has 3 unspecified atom stereocenters. The summed E-state index contributed by atoms with van der Waals surface area (Å²) in [4.78, 5) is 95.8. The largest absolute Gasteiger partial charge is 0.348 e. The van der Waals surface area contributed by atoms with Crippen LogP contribution in [0.15, 0.2) is 30.3 Å².